The molecule has 2 aliphatic rings. The first-order chi connectivity index (χ1) is 6.41. The zero-order valence-electron chi connectivity index (χ0n) is 8.12. The van der Waals surface area contributed by atoms with Gasteiger partial charge in [-0.1, -0.05) is 0 Å². The molecule has 2 rings (SSSR count). The number of rotatable bonds is 0. The first-order valence-electron chi connectivity index (χ1n) is 4.88. The van der Waals surface area contributed by atoms with Crippen LogP contribution in [0.2, 0.25) is 0 Å². The van der Waals surface area contributed by atoms with Crippen LogP contribution in [0.3, 0.4) is 0 Å². The molecule has 2 saturated heterocycles. The van der Waals surface area contributed by atoms with Gasteiger partial charge in [0.05, 0.1) is 26.2 Å². The molecule has 5 nitrogen and oxygen atoms in total. The molecule has 0 aromatic carbocycles. The predicted octanol–water partition coefficient (Wildman–Crippen LogP) is -3.37. The first kappa shape index (κ1) is 12.2. The summed E-state index contributed by atoms with van der Waals surface area (Å²) >= 11 is 0. The van der Waals surface area contributed by atoms with E-state index in [9.17, 15) is 0 Å². The Morgan fingerprint density at radius 3 is 1.21 bits per heavy atom. The van der Waals surface area contributed by atoms with Gasteiger partial charge in [0.1, 0.15) is 0 Å². The third-order valence-electron chi connectivity index (χ3n) is 3.03. The zero-order valence-corrected chi connectivity index (χ0v) is 8.87. The molecule has 0 aromatic rings. The van der Waals surface area contributed by atoms with Gasteiger partial charge in [0.15, 0.2) is 0 Å². The largest absolute Gasteiger partial charge is 0.323 e. The lowest BCUT2D eigenvalue weighted by molar-refractivity contribution is -2.00. The van der Waals surface area contributed by atoms with Gasteiger partial charge >= 0.3 is 0 Å². The Labute approximate surface area is 85.9 Å². The normalized spacial score (nSPS) is 24.9. The van der Waals surface area contributed by atoms with Crippen molar-refractivity contribution >= 4 is 0 Å². The Morgan fingerprint density at radius 2 is 1.00 bits per heavy atom. The molecule has 0 radical (unpaired) electrons. The lowest BCUT2D eigenvalue weighted by Gasteiger charge is -2.48. The van der Waals surface area contributed by atoms with Gasteiger partial charge in [-0.25, -0.2) is 18.6 Å². The average molecular weight is 226 g/mol. The van der Waals surface area contributed by atoms with E-state index in [1.165, 1.54) is 56.3 Å². The summed E-state index contributed by atoms with van der Waals surface area (Å²) in [6, 6.07) is 0. The molecular weight excluding hydrogens is 210 g/mol. The number of nitrogens with zero attached hydrogens (tertiary/aromatic N) is 1. The summed E-state index contributed by atoms with van der Waals surface area (Å²) < 4.78 is 35.5. The zero-order chi connectivity index (χ0) is 10.7. The maximum Gasteiger partial charge on any atom is 0.0841 e. The Kier molecular flexibility index (Phi) is 4.12. The molecule has 0 N–H and O–H groups in total. The van der Waals surface area contributed by atoms with Crippen LogP contribution in [0.5, 0.6) is 0 Å². The van der Waals surface area contributed by atoms with E-state index in [-0.39, 0.29) is 0 Å². The molecule has 14 heavy (non-hydrogen) atoms. The molecule has 1 spiro atoms. The third-order valence-corrected chi connectivity index (χ3v) is 3.03. The fraction of sp³-hybridized carbons (Fsp3) is 1.00. The molecule has 0 unspecified atom stereocenters. The molecule has 6 heteroatoms. The third kappa shape index (κ3) is 4.54. The van der Waals surface area contributed by atoms with E-state index in [1.807, 2.05) is 0 Å². The lowest BCUT2D eigenvalue weighted by Crippen LogP contribution is -2.68. The minimum atomic E-state index is -4.94. The average Bonchev–Trinajstić information content (AvgIpc) is 2.00. The Bertz CT molecular complexity index is 165. The van der Waals surface area contributed by atoms with E-state index < -0.39 is 10.2 Å². The molecule has 0 atom stereocenters. The maximum atomic E-state index is 8.49. The fourth-order valence-corrected chi connectivity index (χ4v) is 2.24. The van der Waals surface area contributed by atoms with E-state index in [0.717, 1.165) is 0 Å². The summed E-state index contributed by atoms with van der Waals surface area (Å²) in [5.74, 6) is 0. The molecule has 0 bridgehead atoms. The van der Waals surface area contributed by atoms with Crippen LogP contribution in [0.1, 0.15) is 25.7 Å². The maximum absolute atomic E-state index is 8.49. The topological polar surface area (TPSA) is 92.2 Å². The number of quaternary nitrogens is 1. The van der Waals surface area contributed by atoms with Gasteiger partial charge in [-0.3, -0.25) is 0 Å². The molecule has 84 valence electrons. The monoisotopic (exact) mass is 225 g/mol. The molecule has 0 aromatic heterocycles. The van der Waals surface area contributed by atoms with Crippen molar-refractivity contribution in [1.82, 2.24) is 0 Å². The van der Waals surface area contributed by atoms with E-state index >= 15 is 0 Å². The highest BCUT2D eigenvalue weighted by Crippen LogP contribution is 2.26. The second kappa shape index (κ2) is 4.74. The predicted molar refractivity (Wildman–Crippen MR) is 38.2 cm³/mol. The van der Waals surface area contributed by atoms with Gasteiger partial charge in [-0.2, -0.15) is 0 Å². The van der Waals surface area contributed by atoms with E-state index in [0.29, 0.717) is 0 Å². The standard InChI is InChI=1S/C8H16N.ClHO4/c1-2-5-9(6-3-1)7-4-8-9;2-1(3,4)5/h1-8H2;(H,2,3,4,5)/q+1;/p-1. The van der Waals surface area contributed by atoms with Gasteiger partial charge < -0.3 is 4.48 Å². The SMILES string of the molecule is C1CC[N+]2(CC1)CCC2.[O-][Cl+3]([O-])([O-])[O-]. The van der Waals surface area contributed by atoms with Crippen molar-refractivity contribution in [2.45, 2.75) is 25.7 Å². The van der Waals surface area contributed by atoms with E-state index in [1.54, 1.807) is 0 Å². The van der Waals surface area contributed by atoms with Crippen molar-refractivity contribution in [3.63, 3.8) is 0 Å². The Hall–Kier alpha value is 0.0900. The highest BCUT2D eigenvalue weighted by molar-refractivity contribution is 4.60. The second-order valence-electron chi connectivity index (χ2n) is 4.03. The summed E-state index contributed by atoms with van der Waals surface area (Å²) in [5, 5.41) is 0. The number of hydrogen-bond acceptors (Lipinski definition) is 4. The summed E-state index contributed by atoms with van der Waals surface area (Å²) in [6.07, 6.45) is 6.00. The van der Waals surface area contributed by atoms with Gasteiger partial charge in [0.25, 0.3) is 0 Å². The van der Waals surface area contributed by atoms with Crippen molar-refractivity contribution in [2.24, 2.45) is 0 Å². The van der Waals surface area contributed by atoms with Gasteiger partial charge in [-0.05, 0) is 19.3 Å². The van der Waals surface area contributed by atoms with Gasteiger partial charge in [-0.15, -0.1) is 10.2 Å². The summed E-state index contributed by atoms with van der Waals surface area (Å²) in [6.45, 7) is 6.00. The van der Waals surface area contributed by atoms with Gasteiger partial charge in [0, 0.05) is 6.42 Å². The van der Waals surface area contributed by atoms with Crippen LogP contribution in [-0.4, -0.2) is 30.7 Å². The molecule has 2 aliphatic heterocycles. The molecule has 2 heterocycles. The quantitative estimate of drug-likeness (QED) is 0.403. The van der Waals surface area contributed by atoms with Crippen LogP contribution < -0.4 is 18.6 Å². The summed E-state index contributed by atoms with van der Waals surface area (Å²) in [4.78, 5) is 0. The minimum Gasteiger partial charge on any atom is -0.323 e. The number of halogens is 1. The number of piperidine rings is 1. The minimum absolute atomic E-state index is 1.50. The van der Waals surface area contributed by atoms with E-state index in [2.05, 4.69) is 0 Å². The fourth-order valence-electron chi connectivity index (χ4n) is 2.24. The lowest BCUT2D eigenvalue weighted by atomic mass is 10.0. The summed E-state index contributed by atoms with van der Waals surface area (Å²) in [5.41, 5.74) is 0. The van der Waals surface area contributed by atoms with Crippen LogP contribution in [0.15, 0.2) is 0 Å². The van der Waals surface area contributed by atoms with Gasteiger partial charge in [0.2, 0.25) is 0 Å². The summed E-state index contributed by atoms with van der Waals surface area (Å²) in [7, 11) is -4.94. The van der Waals surface area contributed by atoms with Crippen molar-refractivity contribution in [3.8, 4) is 0 Å². The first-order valence-corrected chi connectivity index (χ1v) is 6.12. The van der Waals surface area contributed by atoms with Crippen LogP contribution in [-0.2, 0) is 0 Å². The molecule has 0 saturated carbocycles. The van der Waals surface area contributed by atoms with Crippen LogP contribution in [0, 0.1) is 10.2 Å². The van der Waals surface area contributed by atoms with E-state index in [4.69, 9.17) is 18.6 Å². The Balaban J connectivity index is 0.000000171. The number of hydrogen-bond donors (Lipinski definition) is 0. The van der Waals surface area contributed by atoms with Crippen molar-refractivity contribution < 1.29 is 33.4 Å². The van der Waals surface area contributed by atoms with Crippen LogP contribution in [0.25, 0.3) is 0 Å². The van der Waals surface area contributed by atoms with Crippen molar-refractivity contribution in [3.05, 3.63) is 0 Å². The molecule has 2 fully saturated rings. The highest BCUT2D eigenvalue weighted by Gasteiger charge is 2.35. The van der Waals surface area contributed by atoms with Crippen molar-refractivity contribution in [1.29, 1.82) is 0 Å². The smallest absolute Gasteiger partial charge is 0.0841 e. The van der Waals surface area contributed by atoms with Crippen LogP contribution >= 0.6 is 0 Å². The highest BCUT2D eigenvalue weighted by atomic mass is 35.7. The molecule has 0 aliphatic carbocycles. The Morgan fingerprint density at radius 1 is 0.643 bits per heavy atom. The van der Waals surface area contributed by atoms with Crippen molar-refractivity contribution in [2.75, 3.05) is 26.2 Å². The molecule has 0 amide bonds. The van der Waals surface area contributed by atoms with Crippen LogP contribution in [0.4, 0.5) is 0 Å². The second-order valence-corrected chi connectivity index (χ2v) is 4.78. The molecular formula is C8H16ClNO4.